The van der Waals surface area contributed by atoms with Gasteiger partial charge in [-0.1, -0.05) is 0 Å². The van der Waals surface area contributed by atoms with E-state index in [4.69, 9.17) is 4.42 Å². The number of carbonyl (C=O) groups is 2. The average molecular weight is 420 g/mol. The van der Waals surface area contributed by atoms with E-state index >= 15 is 0 Å². The van der Waals surface area contributed by atoms with E-state index < -0.39 is 27.7 Å². The van der Waals surface area contributed by atoms with Crippen LogP contribution in [0, 0.1) is 5.82 Å². The Balaban J connectivity index is 2.32. The van der Waals surface area contributed by atoms with Crippen molar-refractivity contribution in [2.75, 3.05) is 17.5 Å². The topological polar surface area (TPSA) is 126 Å². The maximum atomic E-state index is 13.3. The van der Waals surface area contributed by atoms with Gasteiger partial charge in [0.2, 0.25) is 10.0 Å². The Morgan fingerprint density at radius 1 is 1.17 bits per heavy atom. The highest BCUT2D eigenvalue weighted by Crippen LogP contribution is 2.37. The Hall–Kier alpha value is -3.40. The van der Waals surface area contributed by atoms with Gasteiger partial charge in [-0.05, 0) is 37.3 Å². The van der Waals surface area contributed by atoms with Crippen LogP contribution in [0.2, 0.25) is 0 Å². The molecule has 0 aliphatic heterocycles. The third-order valence-electron chi connectivity index (χ3n) is 4.26. The number of fused-ring (bicyclic) bond motifs is 1. The fourth-order valence-electron chi connectivity index (χ4n) is 2.80. The standard InChI is InChI=1S/C19H17FN2O6S/c1-3-29(26,27)22-14-9-15-13(8-12(14)19(24)25)16(18(23)21-2)17(28-15)10-4-6-11(20)7-5-10/h4-9,22H,3H2,1-2H3,(H,21,23)(H,24,25). The molecule has 0 atom stereocenters. The smallest absolute Gasteiger partial charge is 0.337 e. The molecule has 3 aromatic rings. The largest absolute Gasteiger partial charge is 0.478 e. The summed E-state index contributed by atoms with van der Waals surface area (Å²) >= 11 is 0. The Bertz CT molecular complexity index is 1220. The number of benzene rings is 2. The number of aromatic carboxylic acids is 1. The molecule has 3 rings (SSSR count). The molecule has 0 unspecified atom stereocenters. The van der Waals surface area contributed by atoms with Crippen molar-refractivity contribution in [3.05, 3.63) is 53.3 Å². The highest BCUT2D eigenvalue weighted by atomic mass is 32.2. The van der Waals surface area contributed by atoms with E-state index in [1.807, 2.05) is 0 Å². The fourth-order valence-corrected chi connectivity index (χ4v) is 3.45. The number of carboxylic acids is 1. The molecule has 1 aromatic heterocycles. The van der Waals surface area contributed by atoms with Gasteiger partial charge in [0.1, 0.15) is 17.2 Å². The number of furan rings is 1. The minimum atomic E-state index is -3.75. The molecule has 152 valence electrons. The van der Waals surface area contributed by atoms with Crippen LogP contribution in [0.3, 0.4) is 0 Å². The minimum absolute atomic E-state index is 0.0570. The van der Waals surface area contributed by atoms with E-state index in [0.717, 1.165) is 0 Å². The van der Waals surface area contributed by atoms with E-state index in [1.54, 1.807) is 0 Å². The number of nitrogens with one attached hydrogen (secondary N) is 2. The van der Waals surface area contributed by atoms with Crippen LogP contribution in [0.5, 0.6) is 0 Å². The van der Waals surface area contributed by atoms with Crippen molar-refractivity contribution in [1.29, 1.82) is 0 Å². The second-order valence-electron chi connectivity index (χ2n) is 6.10. The molecule has 0 aliphatic rings. The number of amides is 1. The van der Waals surface area contributed by atoms with Crippen LogP contribution in [0.1, 0.15) is 27.6 Å². The van der Waals surface area contributed by atoms with Gasteiger partial charge in [-0.15, -0.1) is 0 Å². The van der Waals surface area contributed by atoms with E-state index in [0.29, 0.717) is 5.56 Å². The molecule has 0 saturated heterocycles. The van der Waals surface area contributed by atoms with Crippen LogP contribution in [-0.2, 0) is 10.0 Å². The van der Waals surface area contributed by atoms with Crippen LogP contribution in [0.25, 0.3) is 22.3 Å². The number of halogens is 1. The predicted molar refractivity (Wildman–Crippen MR) is 105 cm³/mol. The molecule has 0 spiro atoms. The molecule has 0 saturated carbocycles. The summed E-state index contributed by atoms with van der Waals surface area (Å²) in [4.78, 5) is 24.2. The highest BCUT2D eigenvalue weighted by Gasteiger charge is 2.25. The van der Waals surface area contributed by atoms with Crippen LogP contribution in [0.4, 0.5) is 10.1 Å². The average Bonchev–Trinajstić information content (AvgIpc) is 3.05. The molecule has 0 bridgehead atoms. The number of hydrogen-bond donors (Lipinski definition) is 3. The monoisotopic (exact) mass is 420 g/mol. The molecular weight excluding hydrogens is 403 g/mol. The summed E-state index contributed by atoms with van der Waals surface area (Å²) in [6.07, 6.45) is 0. The van der Waals surface area contributed by atoms with Crippen molar-refractivity contribution in [2.24, 2.45) is 0 Å². The zero-order valence-electron chi connectivity index (χ0n) is 15.4. The predicted octanol–water partition coefficient (Wildman–Crippen LogP) is 3.06. The van der Waals surface area contributed by atoms with E-state index in [9.17, 15) is 27.5 Å². The lowest BCUT2D eigenvalue weighted by Crippen LogP contribution is -2.19. The summed E-state index contributed by atoms with van der Waals surface area (Å²) in [5, 5.41) is 12.2. The summed E-state index contributed by atoms with van der Waals surface area (Å²) in [5.74, 6) is -2.55. The van der Waals surface area contributed by atoms with E-state index in [2.05, 4.69) is 10.0 Å². The van der Waals surface area contributed by atoms with Crippen LogP contribution >= 0.6 is 0 Å². The second kappa shape index (κ2) is 7.55. The van der Waals surface area contributed by atoms with Crippen LogP contribution in [-0.4, -0.2) is 38.2 Å². The molecule has 1 amide bonds. The number of hydrogen-bond acceptors (Lipinski definition) is 5. The van der Waals surface area contributed by atoms with Gasteiger partial charge < -0.3 is 14.8 Å². The van der Waals surface area contributed by atoms with Gasteiger partial charge >= 0.3 is 5.97 Å². The normalized spacial score (nSPS) is 11.4. The zero-order valence-corrected chi connectivity index (χ0v) is 16.3. The lowest BCUT2D eigenvalue weighted by molar-refractivity contribution is 0.0697. The SMILES string of the molecule is CCS(=O)(=O)Nc1cc2oc(-c3ccc(F)cc3)c(C(=O)NC)c2cc1C(=O)O. The summed E-state index contributed by atoms with van der Waals surface area (Å²) in [5.41, 5.74) is 0.0258. The first-order valence-electron chi connectivity index (χ1n) is 8.49. The Morgan fingerprint density at radius 2 is 1.83 bits per heavy atom. The third-order valence-corrected chi connectivity index (χ3v) is 5.56. The Labute approximate surface area is 165 Å². The molecule has 2 aromatic carbocycles. The van der Waals surface area contributed by atoms with E-state index in [1.165, 1.54) is 50.4 Å². The number of carboxylic acid groups (broad SMARTS) is 1. The van der Waals surface area contributed by atoms with E-state index in [-0.39, 0.29) is 39.3 Å². The molecular formula is C19H17FN2O6S. The molecule has 29 heavy (non-hydrogen) atoms. The zero-order chi connectivity index (χ0) is 21.3. The molecule has 8 nitrogen and oxygen atoms in total. The van der Waals surface area contributed by atoms with Crippen molar-refractivity contribution in [3.8, 4) is 11.3 Å². The minimum Gasteiger partial charge on any atom is -0.478 e. The molecule has 0 fully saturated rings. The first kappa shape index (κ1) is 20.3. The molecule has 10 heteroatoms. The Kier molecular flexibility index (Phi) is 5.29. The number of rotatable bonds is 6. The number of anilines is 1. The molecule has 3 N–H and O–H groups in total. The van der Waals surface area contributed by atoms with Crippen molar-refractivity contribution in [3.63, 3.8) is 0 Å². The summed E-state index contributed by atoms with van der Waals surface area (Å²) in [7, 11) is -2.35. The van der Waals surface area contributed by atoms with Gasteiger partial charge in [-0.2, -0.15) is 0 Å². The lowest BCUT2D eigenvalue weighted by Gasteiger charge is -2.09. The third kappa shape index (κ3) is 3.92. The van der Waals surface area contributed by atoms with Gasteiger partial charge in [-0.3, -0.25) is 9.52 Å². The first-order valence-corrected chi connectivity index (χ1v) is 10.1. The summed E-state index contributed by atoms with van der Waals surface area (Å²) in [6, 6.07) is 7.60. The first-order chi connectivity index (χ1) is 13.7. The molecule has 1 heterocycles. The number of carbonyl (C=O) groups excluding carboxylic acids is 1. The Morgan fingerprint density at radius 3 is 2.38 bits per heavy atom. The van der Waals surface area contributed by atoms with Gasteiger partial charge in [-0.25, -0.2) is 17.6 Å². The number of sulfonamides is 1. The molecule has 0 aliphatic carbocycles. The second-order valence-corrected chi connectivity index (χ2v) is 8.11. The van der Waals surface area contributed by atoms with Gasteiger partial charge in [0.15, 0.2) is 0 Å². The van der Waals surface area contributed by atoms with Crippen molar-refractivity contribution >= 4 is 38.6 Å². The summed E-state index contributed by atoms with van der Waals surface area (Å²) < 4.78 is 45.1. The van der Waals surface area contributed by atoms with Crippen molar-refractivity contribution < 1.29 is 31.9 Å². The summed E-state index contributed by atoms with van der Waals surface area (Å²) in [6.45, 7) is 1.41. The lowest BCUT2D eigenvalue weighted by atomic mass is 10.0. The molecule has 0 radical (unpaired) electrons. The highest BCUT2D eigenvalue weighted by molar-refractivity contribution is 7.92. The van der Waals surface area contributed by atoms with Gasteiger partial charge in [0.05, 0.1) is 22.6 Å². The van der Waals surface area contributed by atoms with Crippen molar-refractivity contribution in [2.45, 2.75) is 6.92 Å². The van der Waals surface area contributed by atoms with Gasteiger partial charge in [0, 0.05) is 24.1 Å². The quantitative estimate of drug-likeness (QED) is 0.563. The van der Waals surface area contributed by atoms with Crippen LogP contribution < -0.4 is 10.0 Å². The fraction of sp³-hybridized carbons (Fsp3) is 0.158. The van der Waals surface area contributed by atoms with Crippen molar-refractivity contribution in [1.82, 2.24) is 5.32 Å². The van der Waals surface area contributed by atoms with Crippen LogP contribution in [0.15, 0.2) is 40.8 Å². The maximum Gasteiger partial charge on any atom is 0.337 e. The van der Waals surface area contributed by atoms with Gasteiger partial charge in [0.25, 0.3) is 5.91 Å². The maximum absolute atomic E-state index is 13.3.